The highest BCUT2D eigenvalue weighted by atomic mass is 16.5. The molecule has 1 N–H and O–H groups in total. The van der Waals surface area contributed by atoms with Crippen LogP contribution in [0.15, 0.2) is 36.5 Å². The van der Waals surface area contributed by atoms with Crippen molar-refractivity contribution in [3.05, 3.63) is 47.7 Å². The Kier molecular flexibility index (Phi) is 4.10. The zero-order valence-corrected chi connectivity index (χ0v) is 12.4. The lowest BCUT2D eigenvalue weighted by atomic mass is 10.1. The maximum absolute atomic E-state index is 8.79. The van der Waals surface area contributed by atoms with Crippen LogP contribution in [0, 0.1) is 11.3 Å². The van der Waals surface area contributed by atoms with Crippen molar-refractivity contribution in [2.75, 3.05) is 18.5 Å². The Bertz CT molecular complexity index is 692. The van der Waals surface area contributed by atoms with Crippen LogP contribution in [0.1, 0.15) is 30.5 Å². The Morgan fingerprint density at radius 1 is 1.18 bits per heavy atom. The number of nitrogens with one attached hydrogen (secondary N) is 1. The van der Waals surface area contributed by atoms with Gasteiger partial charge in [-0.1, -0.05) is 6.07 Å². The van der Waals surface area contributed by atoms with Crippen molar-refractivity contribution >= 4 is 5.82 Å². The molecule has 112 valence electrons. The second kappa shape index (κ2) is 6.35. The molecule has 0 saturated carbocycles. The van der Waals surface area contributed by atoms with E-state index in [4.69, 9.17) is 14.7 Å². The number of hydrogen-bond donors (Lipinski definition) is 1. The first-order valence-electron chi connectivity index (χ1n) is 7.28. The number of anilines is 1. The van der Waals surface area contributed by atoms with Crippen LogP contribution >= 0.6 is 0 Å². The number of rotatable bonds is 3. The minimum atomic E-state index is 0.0672. The van der Waals surface area contributed by atoms with Gasteiger partial charge in [-0.05, 0) is 36.8 Å². The number of pyridine rings is 1. The van der Waals surface area contributed by atoms with Gasteiger partial charge in [0, 0.05) is 12.6 Å². The molecule has 2 heterocycles. The van der Waals surface area contributed by atoms with Crippen LogP contribution in [0.25, 0.3) is 0 Å². The number of ether oxygens (including phenoxy) is 2. The Morgan fingerprint density at radius 3 is 2.73 bits per heavy atom. The number of aromatic nitrogens is 1. The number of hydrogen-bond acceptors (Lipinski definition) is 5. The van der Waals surface area contributed by atoms with Crippen molar-refractivity contribution in [1.82, 2.24) is 4.98 Å². The number of benzene rings is 1. The van der Waals surface area contributed by atoms with Crippen molar-refractivity contribution in [2.45, 2.75) is 19.4 Å². The standard InChI is InChI=1S/C17H17N3O2/c1-12(20-17-6-3-13(10-18)11-19-17)14-4-5-15-16(9-14)22-8-2-7-21-15/h3-6,9,11-12H,2,7-8H2,1H3,(H,19,20)/t12-/m1/s1. The molecule has 2 aromatic rings. The molecular weight excluding hydrogens is 278 g/mol. The first-order chi connectivity index (χ1) is 10.8. The zero-order valence-electron chi connectivity index (χ0n) is 12.4. The fraction of sp³-hybridized carbons (Fsp3) is 0.294. The van der Waals surface area contributed by atoms with E-state index in [0.717, 1.165) is 29.3 Å². The summed E-state index contributed by atoms with van der Waals surface area (Å²) in [5.74, 6) is 2.32. The average Bonchev–Trinajstić information content (AvgIpc) is 2.80. The van der Waals surface area contributed by atoms with Crippen molar-refractivity contribution < 1.29 is 9.47 Å². The summed E-state index contributed by atoms with van der Waals surface area (Å²) in [7, 11) is 0. The van der Waals surface area contributed by atoms with Crippen molar-refractivity contribution in [2.24, 2.45) is 0 Å². The predicted octanol–water partition coefficient (Wildman–Crippen LogP) is 3.29. The van der Waals surface area contributed by atoms with E-state index < -0.39 is 0 Å². The molecule has 5 heteroatoms. The van der Waals surface area contributed by atoms with Crippen LogP contribution in [0.5, 0.6) is 11.5 Å². The highest BCUT2D eigenvalue weighted by Gasteiger charge is 2.13. The molecule has 5 nitrogen and oxygen atoms in total. The van der Waals surface area contributed by atoms with E-state index in [2.05, 4.69) is 23.3 Å². The van der Waals surface area contributed by atoms with Crippen LogP contribution < -0.4 is 14.8 Å². The summed E-state index contributed by atoms with van der Waals surface area (Å²) in [5.41, 5.74) is 1.64. The molecule has 1 aromatic carbocycles. The van der Waals surface area contributed by atoms with Crippen LogP contribution in [0.2, 0.25) is 0 Å². The first kappa shape index (κ1) is 14.2. The first-order valence-corrected chi connectivity index (χ1v) is 7.28. The molecule has 0 spiro atoms. The van der Waals surface area contributed by atoms with E-state index in [1.165, 1.54) is 0 Å². The van der Waals surface area contributed by atoms with Crippen LogP contribution in [0.3, 0.4) is 0 Å². The average molecular weight is 295 g/mol. The van der Waals surface area contributed by atoms with Crippen molar-refractivity contribution in [1.29, 1.82) is 5.26 Å². The Hall–Kier alpha value is -2.74. The third-order valence-corrected chi connectivity index (χ3v) is 3.53. The lowest BCUT2D eigenvalue weighted by molar-refractivity contribution is 0.297. The van der Waals surface area contributed by atoms with Crippen molar-refractivity contribution in [3.8, 4) is 17.6 Å². The van der Waals surface area contributed by atoms with Gasteiger partial charge in [0.2, 0.25) is 0 Å². The molecule has 0 bridgehead atoms. The largest absolute Gasteiger partial charge is 0.490 e. The number of nitrogens with zero attached hydrogens (tertiary/aromatic N) is 2. The van der Waals surface area contributed by atoms with Gasteiger partial charge in [-0.15, -0.1) is 0 Å². The van der Waals surface area contributed by atoms with E-state index in [1.54, 1.807) is 18.3 Å². The molecule has 0 aliphatic carbocycles. The third-order valence-electron chi connectivity index (χ3n) is 3.53. The van der Waals surface area contributed by atoms with Gasteiger partial charge in [-0.3, -0.25) is 0 Å². The van der Waals surface area contributed by atoms with Gasteiger partial charge in [0.25, 0.3) is 0 Å². The summed E-state index contributed by atoms with van der Waals surface area (Å²) >= 11 is 0. The highest BCUT2D eigenvalue weighted by Crippen LogP contribution is 2.32. The van der Waals surface area contributed by atoms with Gasteiger partial charge in [0.15, 0.2) is 11.5 Å². The lowest BCUT2D eigenvalue weighted by Gasteiger charge is -2.17. The van der Waals surface area contributed by atoms with Gasteiger partial charge >= 0.3 is 0 Å². The van der Waals surface area contributed by atoms with E-state index in [1.807, 2.05) is 18.2 Å². The van der Waals surface area contributed by atoms with E-state index in [9.17, 15) is 0 Å². The molecular formula is C17H17N3O2. The van der Waals surface area contributed by atoms with E-state index >= 15 is 0 Å². The summed E-state index contributed by atoms with van der Waals surface area (Å²) in [5, 5.41) is 12.1. The molecule has 1 aliphatic rings. The number of nitriles is 1. The topological polar surface area (TPSA) is 67.2 Å². The smallest absolute Gasteiger partial charge is 0.161 e. The molecule has 3 rings (SSSR count). The Balaban J connectivity index is 1.75. The summed E-state index contributed by atoms with van der Waals surface area (Å²) in [6.45, 7) is 3.42. The minimum absolute atomic E-state index is 0.0672. The third kappa shape index (κ3) is 3.12. The van der Waals surface area contributed by atoms with Crippen LogP contribution in [-0.4, -0.2) is 18.2 Å². The van der Waals surface area contributed by atoms with Gasteiger partial charge in [-0.25, -0.2) is 4.98 Å². The normalized spacial score (nSPS) is 14.5. The van der Waals surface area contributed by atoms with Crippen LogP contribution in [0.4, 0.5) is 5.82 Å². The fourth-order valence-electron chi connectivity index (χ4n) is 2.30. The minimum Gasteiger partial charge on any atom is -0.490 e. The molecule has 1 aromatic heterocycles. The summed E-state index contributed by atoms with van der Waals surface area (Å²) in [6.07, 6.45) is 2.45. The molecule has 0 amide bonds. The second-order valence-electron chi connectivity index (χ2n) is 5.17. The van der Waals surface area contributed by atoms with Gasteiger partial charge in [0.05, 0.1) is 24.8 Å². The monoisotopic (exact) mass is 295 g/mol. The van der Waals surface area contributed by atoms with E-state index in [-0.39, 0.29) is 6.04 Å². The molecule has 0 radical (unpaired) electrons. The maximum Gasteiger partial charge on any atom is 0.161 e. The summed E-state index contributed by atoms with van der Waals surface area (Å²) < 4.78 is 11.4. The molecule has 1 aliphatic heterocycles. The zero-order chi connectivity index (χ0) is 15.4. The quantitative estimate of drug-likeness (QED) is 0.941. The number of fused-ring (bicyclic) bond motifs is 1. The van der Waals surface area contributed by atoms with Crippen molar-refractivity contribution in [3.63, 3.8) is 0 Å². The van der Waals surface area contributed by atoms with E-state index in [0.29, 0.717) is 18.8 Å². The Labute approximate surface area is 129 Å². The van der Waals surface area contributed by atoms with Gasteiger partial charge in [-0.2, -0.15) is 5.26 Å². The SMILES string of the molecule is C[C@@H](Nc1ccc(C#N)cn1)c1ccc2c(c1)OCCCO2. The second-order valence-corrected chi connectivity index (χ2v) is 5.17. The predicted molar refractivity (Wildman–Crippen MR) is 83.0 cm³/mol. The molecule has 1 atom stereocenters. The summed E-state index contributed by atoms with van der Waals surface area (Å²) in [4.78, 5) is 4.23. The lowest BCUT2D eigenvalue weighted by Crippen LogP contribution is -2.08. The van der Waals surface area contributed by atoms with Gasteiger partial charge < -0.3 is 14.8 Å². The highest BCUT2D eigenvalue weighted by molar-refractivity contribution is 5.47. The van der Waals surface area contributed by atoms with Crippen LogP contribution in [-0.2, 0) is 0 Å². The summed E-state index contributed by atoms with van der Waals surface area (Å²) in [6, 6.07) is 11.6. The fourth-order valence-corrected chi connectivity index (χ4v) is 2.30. The molecule has 22 heavy (non-hydrogen) atoms. The molecule has 0 saturated heterocycles. The molecule has 0 fully saturated rings. The Morgan fingerprint density at radius 2 is 2.00 bits per heavy atom. The maximum atomic E-state index is 8.79. The molecule has 0 unspecified atom stereocenters. The van der Waals surface area contributed by atoms with Gasteiger partial charge in [0.1, 0.15) is 11.9 Å².